The second kappa shape index (κ2) is 11.0. The summed E-state index contributed by atoms with van der Waals surface area (Å²) in [6.07, 6.45) is 3.50. The molecule has 0 radical (unpaired) electrons. The van der Waals surface area contributed by atoms with Crippen molar-refractivity contribution in [2.24, 2.45) is 0 Å². The minimum atomic E-state index is -3.73. The van der Waals surface area contributed by atoms with E-state index in [-0.39, 0.29) is 10.5 Å². The summed E-state index contributed by atoms with van der Waals surface area (Å²) in [7, 11) is -0.862. The van der Waals surface area contributed by atoms with E-state index in [4.69, 9.17) is 4.74 Å². The third-order valence-corrected chi connectivity index (χ3v) is 7.82. The molecule has 1 aliphatic rings. The molecule has 0 aromatic heterocycles. The fourth-order valence-corrected chi connectivity index (χ4v) is 5.00. The van der Waals surface area contributed by atoms with Crippen LogP contribution < -0.4 is 10.2 Å². The zero-order chi connectivity index (χ0) is 24.9. The van der Waals surface area contributed by atoms with E-state index in [2.05, 4.69) is 5.32 Å². The lowest BCUT2D eigenvalue weighted by Gasteiger charge is -2.22. The molecule has 0 aliphatic carbocycles. The molecule has 0 atom stereocenters. The van der Waals surface area contributed by atoms with Crippen LogP contribution in [0.4, 0.5) is 11.4 Å². The molecule has 1 N–H and O–H groups in total. The molecule has 1 amide bonds. The van der Waals surface area contributed by atoms with Gasteiger partial charge in [0.1, 0.15) is 0 Å². The maximum Gasteiger partial charge on any atom is 0.340 e. The number of carbonyl (C=O) groups is 2. The highest BCUT2D eigenvalue weighted by molar-refractivity contribution is 7.89. The van der Waals surface area contributed by atoms with Crippen LogP contribution in [0, 0.1) is 0 Å². The molecular formula is C25H33N3O5S. The first-order valence-electron chi connectivity index (χ1n) is 11.6. The van der Waals surface area contributed by atoms with E-state index in [1.54, 1.807) is 6.07 Å². The zero-order valence-corrected chi connectivity index (χ0v) is 21.1. The van der Waals surface area contributed by atoms with Crippen LogP contribution in [0.5, 0.6) is 0 Å². The lowest BCUT2D eigenvalue weighted by Crippen LogP contribution is -2.26. The Bertz CT molecular complexity index is 1130. The standard InChI is InChI=1S/C25H33N3O5S/c1-5-18-10-9-11-19(6-2)24(18)26-23(29)17-33-25(30)21-16-20(34(31,32)27(3)4)12-13-22(21)28-14-7-8-15-28/h9-13,16H,5-8,14-15,17H2,1-4H3,(H,26,29). The predicted molar refractivity (Wildman–Crippen MR) is 133 cm³/mol. The fourth-order valence-electron chi connectivity index (χ4n) is 4.07. The van der Waals surface area contributed by atoms with E-state index in [0.29, 0.717) is 5.69 Å². The van der Waals surface area contributed by atoms with Crippen molar-refractivity contribution in [1.29, 1.82) is 0 Å². The lowest BCUT2D eigenvalue weighted by molar-refractivity contribution is -0.119. The summed E-state index contributed by atoms with van der Waals surface area (Å²) in [5, 5.41) is 2.88. The van der Waals surface area contributed by atoms with Crippen LogP contribution in [0.25, 0.3) is 0 Å². The van der Waals surface area contributed by atoms with Crippen molar-refractivity contribution in [1.82, 2.24) is 4.31 Å². The second-order valence-corrected chi connectivity index (χ2v) is 10.6. The van der Waals surface area contributed by atoms with Gasteiger partial charge in [-0.15, -0.1) is 0 Å². The lowest BCUT2D eigenvalue weighted by atomic mass is 10.0. The van der Waals surface area contributed by atoms with Gasteiger partial charge < -0.3 is 15.0 Å². The highest BCUT2D eigenvalue weighted by atomic mass is 32.2. The number of hydrogen-bond acceptors (Lipinski definition) is 6. The number of para-hydroxylation sites is 1. The number of amides is 1. The monoisotopic (exact) mass is 487 g/mol. The van der Waals surface area contributed by atoms with Gasteiger partial charge in [0.05, 0.1) is 16.1 Å². The Morgan fingerprint density at radius 1 is 1.03 bits per heavy atom. The summed E-state index contributed by atoms with van der Waals surface area (Å²) in [4.78, 5) is 27.7. The van der Waals surface area contributed by atoms with E-state index >= 15 is 0 Å². The van der Waals surface area contributed by atoms with Crippen LogP contribution in [-0.2, 0) is 32.4 Å². The summed E-state index contributed by atoms with van der Waals surface area (Å²) in [6.45, 7) is 5.10. The number of benzene rings is 2. The Morgan fingerprint density at radius 2 is 1.65 bits per heavy atom. The summed E-state index contributed by atoms with van der Waals surface area (Å²) >= 11 is 0. The van der Waals surface area contributed by atoms with Crippen molar-refractivity contribution in [3.63, 3.8) is 0 Å². The number of nitrogens with zero attached hydrogens (tertiary/aromatic N) is 2. The van der Waals surface area contributed by atoms with Crippen molar-refractivity contribution in [2.45, 2.75) is 44.4 Å². The van der Waals surface area contributed by atoms with Crippen LogP contribution in [0.2, 0.25) is 0 Å². The molecule has 0 saturated carbocycles. The fraction of sp³-hybridized carbons (Fsp3) is 0.440. The highest BCUT2D eigenvalue weighted by Crippen LogP contribution is 2.29. The molecule has 1 saturated heterocycles. The first-order chi connectivity index (χ1) is 16.2. The van der Waals surface area contributed by atoms with Gasteiger partial charge >= 0.3 is 5.97 Å². The van der Waals surface area contributed by atoms with Crippen molar-refractivity contribution in [2.75, 3.05) is 44.0 Å². The first-order valence-corrected chi connectivity index (χ1v) is 13.0. The molecule has 0 bridgehead atoms. The summed E-state index contributed by atoms with van der Waals surface area (Å²) in [5.74, 6) is -1.17. The summed E-state index contributed by atoms with van der Waals surface area (Å²) < 4.78 is 31.7. The number of aryl methyl sites for hydroxylation is 2. The Kier molecular flexibility index (Phi) is 8.33. The van der Waals surface area contributed by atoms with Gasteiger partial charge in [-0.2, -0.15) is 0 Å². The third kappa shape index (κ3) is 5.59. The number of sulfonamides is 1. The molecular weight excluding hydrogens is 454 g/mol. The number of ether oxygens (including phenoxy) is 1. The maximum absolute atomic E-state index is 13.0. The molecule has 1 heterocycles. The van der Waals surface area contributed by atoms with E-state index < -0.39 is 28.5 Å². The predicted octanol–water partition coefficient (Wildman–Crippen LogP) is 3.46. The van der Waals surface area contributed by atoms with Gasteiger partial charge in [0.25, 0.3) is 5.91 Å². The SMILES string of the molecule is CCc1cccc(CC)c1NC(=O)COC(=O)c1cc(S(=O)(=O)N(C)C)ccc1N1CCCC1. The average molecular weight is 488 g/mol. The van der Waals surface area contributed by atoms with Crippen molar-refractivity contribution in [3.8, 4) is 0 Å². The molecule has 0 spiro atoms. The molecule has 1 aliphatic heterocycles. The second-order valence-electron chi connectivity index (χ2n) is 8.44. The largest absolute Gasteiger partial charge is 0.452 e. The molecule has 2 aromatic rings. The number of rotatable bonds is 9. The van der Waals surface area contributed by atoms with Crippen LogP contribution in [-0.4, -0.2) is 58.4 Å². The van der Waals surface area contributed by atoms with E-state index in [1.807, 2.05) is 36.9 Å². The van der Waals surface area contributed by atoms with Crippen molar-refractivity contribution < 1.29 is 22.7 Å². The van der Waals surface area contributed by atoms with E-state index in [0.717, 1.165) is 59.9 Å². The number of hydrogen-bond donors (Lipinski definition) is 1. The van der Waals surface area contributed by atoms with E-state index in [9.17, 15) is 18.0 Å². The Balaban J connectivity index is 1.81. The number of esters is 1. The van der Waals surface area contributed by atoms with Crippen LogP contribution >= 0.6 is 0 Å². The Morgan fingerprint density at radius 3 is 2.21 bits per heavy atom. The van der Waals surface area contributed by atoms with Crippen molar-refractivity contribution >= 4 is 33.3 Å². The maximum atomic E-state index is 13.0. The zero-order valence-electron chi connectivity index (χ0n) is 20.3. The Labute approximate surface area is 201 Å². The van der Waals surface area contributed by atoms with Gasteiger partial charge in [-0.25, -0.2) is 17.5 Å². The van der Waals surface area contributed by atoms with Gasteiger partial charge in [-0.1, -0.05) is 32.0 Å². The smallest absolute Gasteiger partial charge is 0.340 e. The number of nitrogens with one attached hydrogen (secondary N) is 1. The quantitative estimate of drug-likeness (QED) is 0.544. The molecule has 2 aromatic carbocycles. The van der Waals surface area contributed by atoms with Crippen molar-refractivity contribution in [3.05, 3.63) is 53.1 Å². The van der Waals surface area contributed by atoms with Gasteiger partial charge in [0.2, 0.25) is 10.0 Å². The highest BCUT2D eigenvalue weighted by Gasteiger charge is 2.26. The average Bonchev–Trinajstić information content (AvgIpc) is 3.37. The minimum absolute atomic E-state index is 0.00121. The van der Waals surface area contributed by atoms with Gasteiger partial charge in [-0.3, -0.25) is 4.79 Å². The van der Waals surface area contributed by atoms with Crippen LogP contribution in [0.1, 0.15) is 48.2 Å². The minimum Gasteiger partial charge on any atom is -0.452 e. The van der Waals surface area contributed by atoms with E-state index in [1.165, 1.54) is 26.2 Å². The number of anilines is 2. The molecule has 9 heteroatoms. The number of carbonyl (C=O) groups excluding carboxylic acids is 2. The Hall–Kier alpha value is -2.91. The summed E-state index contributed by atoms with van der Waals surface area (Å²) in [6, 6.07) is 10.4. The topological polar surface area (TPSA) is 96.0 Å². The molecule has 8 nitrogen and oxygen atoms in total. The van der Waals surface area contributed by atoms with Gasteiger partial charge in [-0.05, 0) is 55.0 Å². The molecule has 184 valence electrons. The molecule has 3 rings (SSSR count). The molecule has 34 heavy (non-hydrogen) atoms. The third-order valence-electron chi connectivity index (χ3n) is 6.01. The van der Waals surface area contributed by atoms with Crippen LogP contribution in [0.3, 0.4) is 0 Å². The van der Waals surface area contributed by atoms with Crippen LogP contribution in [0.15, 0.2) is 41.3 Å². The van der Waals surface area contributed by atoms with Gasteiger partial charge in [0, 0.05) is 32.9 Å². The normalized spacial score (nSPS) is 13.9. The molecule has 0 unspecified atom stereocenters. The summed E-state index contributed by atoms with van der Waals surface area (Å²) in [5.41, 5.74) is 3.53. The molecule has 1 fully saturated rings. The first kappa shape index (κ1) is 25.7. The van der Waals surface area contributed by atoms with Gasteiger partial charge in [0.15, 0.2) is 6.61 Å².